The Morgan fingerprint density at radius 3 is 2.25 bits per heavy atom. The second-order valence-corrected chi connectivity index (χ2v) is 8.94. The third kappa shape index (κ3) is 4.41. The number of sulfonamides is 1. The fraction of sp³-hybridized carbons (Fsp3) is 0.316. The van der Waals surface area contributed by atoms with Crippen molar-refractivity contribution in [3.8, 4) is 11.5 Å². The third-order valence-corrected chi connectivity index (χ3v) is 6.62. The molecule has 0 spiro atoms. The Bertz CT molecular complexity index is 990. The van der Waals surface area contributed by atoms with Crippen molar-refractivity contribution in [1.82, 2.24) is 0 Å². The summed E-state index contributed by atoms with van der Waals surface area (Å²) in [6.07, 6.45) is 2.77. The van der Waals surface area contributed by atoms with Crippen molar-refractivity contribution in [3.63, 3.8) is 0 Å². The van der Waals surface area contributed by atoms with E-state index in [2.05, 4.69) is 26.0 Å². The summed E-state index contributed by atoms with van der Waals surface area (Å²) in [5.41, 5.74) is 0.771. The molecule has 28 heavy (non-hydrogen) atoms. The molecule has 2 N–H and O–H groups in total. The van der Waals surface area contributed by atoms with Gasteiger partial charge in [-0.05, 0) is 65.2 Å². The van der Waals surface area contributed by atoms with Crippen LogP contribution in [0, 0.1) is 5.92 Å². The van der Waals surface area contributed by atoms with E-state index in [1.165, 1.54) is 26.4 Å². The summed E-state index contributed by atoms with van der Waals surface area (Å²) < 4.78 is 39.4. The van der Waals surface area contributed by atoms with Gasteiger partial charge in [-0.1, -0.05) is 6.42 Å². The minimum atomic E-state index is -3.95. The van der Waals surface area contributed by atoms with Crippen LogP contribution in [0.1, 0.15) is 19.3 Å². The van der Waals surface area contributed by atoms with Crippen LogP contribution in [0.5, 0.6) is 11.5 Å². The molecule has 0 aliphatic heterocycles. The molecule has 1 amide bonds. The van der Waals surface area contributed by atoms with Crippen LogP contribution < -0.4 is 19.5 Å². The lowest BCUT2D eigenvalue weighted by Crippen LogP contribution is -2.28. The first-order valence-corrected chi connectivity index (χ1v) is 11.0. The second-order valence-electron chi connectivity index (χ2n) is 6.44. The Morgan fingerprint density at radius 2 is 1.68 bits per heavy atom. The number of hydrogen-bond donors (Lipinski definition) is 2. The molecule has 0 saturated heterocycles. The molecule has 0 aromatic heterocycles. The van der Waals surface area contributed by atoms with Crippen LogP contribution >= 0.6 is 15.9 Å². The Balaban J connectivity index is 1.87. The van der Waals surface area contributed by atoms with Crippen LogP contribution in [0.15, 0.2) is 45.8 Å². The fourth-order valence-electron chi connectivity index (χ4n) is 2.82. The van der Waals surface area contributed by atoms with Gasteiger partial charge < -0.3 is 14.8 Å². The molecular formula is C19H21BrN2O5S. The molecule has 2 aromatic carbocycles. The van der Waals surface area contributed by atoms with Gasteiger partial charge in [0.05, 0.1) is 24.4 Å². The fourth-order valence-corrected chi connectivity index (χ4v) is 4.61. The zero-order valence-corrected chi connectivity index (χ0v) is 17.9. The highest BCUT2D eigenvalue weighted by Gasteiger charge is 2.26. The third-order valence-electron chi connectivity index (χ3n) is 4.60. The molecule has 7 nitrogen and oxygen atoms in total. The van der Waals surface area contributed by atoms with Gasteiger partial charge in [0.1, 0.15) is 16.4 Å². The van der Waals surface area contributed by atoms with Crippen molar-refractivity contribution < 1.29 is 22.7 Å². The first-order valence-electron chi connectivity index (χ1n) is 8.69. The SMILES string of the molecule is COc1ccc(NS(=O)(=O)c2cc(NC(=O)C3CCC3)ccc2OC)cc1Br. The predicted molar refractivity (Wildman–Crippen MR) is 110 cm³/mol. The first kappa shape index (κ1) is 20.5. The first-order chi connectivity index (χ1) is 13.3. The maximum Gasteiger partial charge on any atom is 0.265 e. The van der Waals surface area contributed by atoms with Gasteiger partial charge in [0.25, 0.3) is 10.0 Å². The molecule has 0 heterocycles. The highest BCUT2D eigenvalue weighted by Crippen LogP contribution is 2.33. The van der Waals surface area contributed by atoms with Crippen LogP contribution in [-0.2, 0) is 14.8 Å². The lowest BCUT2D eigenvalue weighted by atomic mass is 9.85. The smallest absolute Gasteiger partial charge is 0.265 e. The molecule has 9 heteroatoms. The predicted octanol–water partition coefficient (Wildman–Crippen LogP) is 4.01. The van der Waals surface area contributed by atoms with E-state index >= 15 is 0 Å². The van der Waals surface area contributed by atoms with Gasteiger partial charge in [-0.2, -0.15) is 0 Å². The van der Waals surface area contributed by atoms with Crippen molar-refractivity contribution in [1.29, 1.82) is 0 Å². The number of rotatable bonds is 7. The number of amides is 1. The maximum absolute atomic E-state index is 12.9. The van der Waals surface area contributed by atoms with Gasteiger partial charge in [-0.3, -0.25) is 9.52 Å². The molecule has 0 unspecified atom stereocenters. The molecular weight excluding hydrogens is 448 g/mol. The summed E-state index contributed by atoms with van der Waals surface area (Å²) >= 11 is 3.33. The number of halogens is 1. The van der Waals surface area contributed by atoms with Crippen molar-refractivity contribution >= 4 is 43.2 Å². The van der Waals surface area contributed by atoms with Gasteiger partial charge >= 0.3 is 0 Å². The summed E-state index contributed by atoms with van der Waals surface area (Å²) in [6, 6.07) is 9.39. The van der Waals surface area contributed by atoms with E-state index in [-0.39, 0.29) is 22.5 Å². The standard InChI is InChI=1S/C19H21BrN2O5S/c1-26-16-8-7-14(10-15(16)20)22-28(24,25)18-11-13(6-9-17(18)27-2)21-19(23)12-4-3-5-12/h6-12,22H,3-5H2,1-2H3,(H,21,23). The van der Waals surface area contributed by atoms with E-state index in [0.29, 0.717) is 21.6 Å². The zero-order chi connectivity index (χ0) is 20.3. The van der Waals surface area contributed by atoms with Crippen molar-refractivity contribution in [3.05, 3.63) is 40.9 Å². The normalized spacial score (nSPS) is 14.1. The van der Waals surface area contributed by atoms with Gasteiger partial charge in [0, 0.05) is 11.6 Å². The number of carbonyl (C=O) groups excluding carboxylic acids is 1. The largest absolute Gasteiger partial charge is 0.496 e. The van der Waals surface area contributed by atoms with Gasteiger partial charge in [0.2, 0.25) is 5.91 Å². The lowest BCUT2D eigenvalue weighted by molar-refractivity contribution is -0.122. The van der Waals surface area contributed by atoms with E-state index in [0.717, 1.165) is 19.3 Å². The molecule has 1 fully saturated rings. The molecule has 1 aliphatic carbocycles. The average molecular weight is 469 g/mol. The number of carbonyl (C=O) groups is 1. The summed E-state index contributed by atoms with van der Waals surface area (Å²) in [5, 5.41) is 2.78. The van der Waals surface area contributed by atoms with E-state index in [1.54, 1.807) is 24.3 Å². The molecule has 2 aromatic rings. The molecule has 1 aliphatic rings. The van der Waals surface area contributed by atoms with Gasteiger partial charge in [0.15, 0.2) is 0 Å². The van der Waals surface area contributed by atoms with E-state index in [1.807, 2.05) is 0 Å². The maximum atomic E-state index is 12.9. The Hall–Kier alpha value is -2.26. The minimum Gasteiger partial charge on any atom is -0.496 e. The quantitative estimate of drug-likeness (QED) is 0.640. The molecule has 0 atom stereocenters. The minimum absolute atomic E-state index is 0.00284. The molecule has 0 bridgehead atoms. The number of anilines is 2. The van der Waals surface area contributed by atoms with Crippen LogP contribution in [0.3, 0.4) is 0 Å². The number of nitrogens with one attached hydrogen (secondary N) is 2. The Labute approximate surface area is 172 Å². The van der Waals surface area contributed by atoms with Crippen LogP contribution in [0.25, 0.3) is 0 Å². The Kier molecular flexibility index (Phi) is 6.14. The summed E-state index contributed by atoms with van der Waals surface area (Å²) in [6.45, 7) is 0. The highest BCUT2D eigenvalue weighted by molar-refractivity contribution is 9.10. The lowest BCUT2D eigenvalue weighted by Gasteiger charge is -2.24. The molecule has 0 radical (unpaired) electrons. The second kappa shape index (κ2) is 8.40. The van der Waals surface area contributed by atoms with Crippen molar-refractivity contribution in [2.45, 2.75) is 24.2 Å². The topological polar surface area (TPSA) is 93.7 Å². The van der Waals surface area contributed by atoms with E-state index in [9.17, 15) is 13.2 Å². The highest BCUT2D eigenvalue weighted by atomic mass is 79.9. The molecule has 3 rings (SSSR count). The van der Waals surface area contributed by atoms with Gasteiger partial charge in [-0.25, -0.2) is 8.42 Å². The average Bonchev–Trinajstić information content (AvgIpc) is 2.60. The monoisotopic (exact) mass is 468 g/mol. The van der Waals surface area contributed by atoms with E-state index in [4.69, 9.17) is 9.47 Å². The Morgan fingerprint density at radius 1 is 1.04 bits per heavy atom. The molecule has 150 valence electrons. The number of ether oxygens (including phenoxy) is 2. The summed E-state index contributed by atoms with van der Waals surface area (Å²) in [7, 11) is -1.03. The number of methoxy groups -OCH3 is 2. The van der Waals surface area contributed by atoms with Crippen LogP contribution in [0.4, 0.5) is 11.4 Å². The summed E-state index contributed by atoms with van der Waals surface area (Å²) in [4.78, 5) is 12.1. The number of benzene rings is 2. The molecule has 1 saturated carbocycles. The van der Waals surface area contributed by atoms with Crippen molar-refractivity contribution in [2.24, 2.45) is 5.92 Å². The van der Waals surface area contributed by atoms with Crippen LogP contribution in [0.2, 0.25) is 0 Å². The summed E-state index contributed by atoms with van der Waals surface area (Å²) in [5.74, 6) is 0.673. The van der Waals surface area contributed by atoms with Crippen molar-refractivity contribution in [2.75, 3.05) is 24.3 Å². The van der Waals surface area contributed by atoms with E-state index < -0.39 is 10.0 Å². The zero-order valence-electron chi connectivity index (χ0n) is 15.5. The van der Waals surface area contributed by atoms with Gasteiger partial charge in [-0.15, -0.1) is 0 Å². The van der Waals surface area contributed by atoms with Crippen LogP contribution in [-0.4, -0.2) is 28.5 Å². The number of hydrogen-bond acceptors (Lipinski definition) is 5.